The van der Waals surface area contributed by atoms with E-state index in [2.05, 4.69) is 6.07 Å². The topological polar surface area (TPSA) is 27.7 Å². The molecule has 2 rings (SSSR count). The maximum Gasteiger partial charge on any atom is 0.226 e. The van der Waals surface area contributed by atoms with E-state index in [1.165, 1.54) is 5.56 Å². The highest BCUT2D eigenvalue weighted by atomic mass is 16.7. The molecule has 1 aliphatic rings. The third kappa shape index (κ3) is 2.13. The Bertz CT molecular complexity index is 324. The Morgan fingerprint density at radius 2 is 2.00 bits per heavy atom. The molecule has 1 heterocycles. The molecule has 0 spiro atoms. The second-order valence-corrected chi connectivity index (χ2v) is 3.64. The van der Waals surface area contributed by atoms with Gasteiger partial charge in [-0.15, -0.1) is 0 Å². The normalized spacial score (nSPS) is 25.2. The summed E-state index contributed by atoms with van der Waals surface area (Å²) in [5.41, 5.74) is 1.22. The van der Waals surface area contributed by atoms with Crippen molar-refractivity contribution in [2.24, 2.45) is 0 Å². The molecule has 0 aromatic heterocycles. The fourth-order valence-electron chi connectivity index (χ4n) is 1.89. The van der Waals surface area contributed by atoms with Crippen LogP contribution < -0.4 is 4.74 Å². The highest BCUT2D eigenvalue weighted by molar-refractivity contribution is 5.34. The van der Waals surface area contributed by atoms with Crippen molar-refractivity contribution in [3.8, 4) is 5.75 Å². The van der Waals surface area contributed by atoms with Crippen LogP contribution in [-0.4, -0.2) is 26.6 Å². The molecule has 3 nitrogen and oxygen atoms in total. The van der Waals surface area contributed by atoms with E-state index in [0.29, 0.717) is 0 Å². The van der Waals surface area contributed by atoms with Gasteiger partial charge < -0.3 is 14.2 Å². The zero-order chi connectivity index (χ0) is 10.7. The van der Waals surface area contributed by atoms with Crippen molar-refractivity contribution in [2.75, 3.05) is 14.2 Å². The molecule has 0 radical (unpaired) electrons. The molecule has 0 saturated heterocycles. The minimum Gasteiger partial charge on any atom is -0.462 e. The molecule has 82 valence electrons. The van der Waals surface area contributed by atoms with E-state index in [9.17, 15) is 0 Å². The Morgan fingerprint density at radius 3 is 2.73 bits per heavy atom. The molecule has 15 heavy (non-hydrogen) atoms. The van der Waals surface area contributed by atoms with Crippen molar-refractivity contribution >= 4 is 0 Å². The lowest BCUT2D eigenvalue weighted by Gasteiger charge is -2.22. The minimum atomic E-state index is -0.307. The highest BCUT2D eigenvalue weighted by Crippen LogP contribution is 2.27. The largest absolute Gasteiger partial charge is 0.462 e. The molecule has 0 aliphatic carbocycles. The average molecular weight is 208 g/mol. The monoisotopic (exact) mass is 208 g/mol. The van der Waals surface area contributed by atoms with Crippen LogP contribution in [0.25, 0.3) is 0 Å². The number of para-hydroxylation sites is 1. The van der Waals surface area contributed by atoms with Crippen LogP contribution in [-0.2, 0) is 15.9 Å². The molecule has 0 bridgehead atoms. The molecule has 0 fully saturated rings. The summed E-state index contributed by atoms with van der Waals surface area (Å²) in [6, 6.07) is 8.05. The van der Waals surface area contributed by atoms with Crippen molar-refractivity contribution in [1.82, 2.24) is 0 Å². The fraction of sp³-hybridized carbons (Fsp3) is 0.500. The first kappa shape index (κ1) is 10.5. The summed E-state index contributed by atoms with van der Waals surface area (Å²) >= 11 is 0. The van der Waals surface area contributed by atoms with Gasteiger partial charge in [-0.05, 0) is 24.5 Å². The first-order valence-corrected chi connectivity index (χ1v) is 5.15. The van der Waals surface area contributed by atoms with Crippen LogP contribution in [0.15, 0.2) is 24.3 Å². The molecule has 1 aromatic rings. The lowest BCUT2D eigenvalue weighted by Crippen LogP contribution is -2.34. The van der Waals surface area contributed by atoms with Crippen molar-refractivity contribution in [3.63, 3.8) is 0 Å². The molecular weight excluding hydrogens is 192 g/mol. The molecular formula is C12H16O3. The Balaban J connectivity index is 2.23. The fourth-order valence-corrected chi connectivity index (χ4v) is 1.89. The van der Waals surface area contributed by atoms with Gasteiger partial charge in [-0.2, -0.15) is 0 Å². The summed E-state index contributed by atoms with van der Waals surface area (Å²) in [5, 5.41) is 0. The number of benzene rings is 1. The van der Waals surface area contributed by atoms with Gasteiger partial charge in [0.1, 0.15) is 11.9 Å². The molecule has 0 saturated carbocycles. The van der Waals surface area contributed by atoms with Gasteiger partial charge in [0.25, 0.3) is 0 Å². The SMILES string of the molecule is COC1CCc2ccccc2OC1OC. The van der Waals surface area contributed by atoms with E-state index in [0.717, 1.165) is 18.6 Å². The predicted octanol–water partition coefficient (Wildman–Crippen LogP) is 2.00. The Morgan fingerprint density at radius 1 is 1.20 bits per heavy atom. The van der Waals surface area contributed by atoms with Gasteiger partial charge in [-0.25, -0.2) is 0 Å². The number of hydrogen-bond donors (Lipinski definition) is 0. The average Bonchev–Trinajstić information content (AvgIpc) is 2.47. The number of methoxy groups -OCH3 is 2. The third-order valence-corrected chi connectivity index (χ3v) is 2.75. The number of fused-ring (bicyclic) bond motifs is 1. The first-order valence-electron chi connectivity index (χ1n) is 5.15. The van der Waals surface area contributed by atoms with Crippen LogP contribution in [0.4, 0.5) is 0 Å². The molecule has 0 N–H and O–H groups in total. The molecule has 0 amide bonds. The van der Waals surface area contributed by atoms with Crippen LogP contribution in [0, 0.1) is 0 Å². The Kier molecular flexibility index (Phi) is 3.23. The van der Waals surface area contributed by atoms with E-state index in [4.69, 9.17) is 14.2 Å². The van der Waals surface area contributed by atoms with Crippen molar-refractivity contribution in [1.29, 1.82) is 0 Å². The Labute approximate surface area is 90.0 Å². The van der Waals surface area contributed by atoms with Gasteiger partial charge in [-0.1, -0.05) is 18.2 Å². The van der Waals surface area contributed by atoms with E-state index in [1.54, 1.807) is 14.2 Å². The third-order valence-electron chi connectivity index (χ3n) is 2.75. The number of rotatable bonds is 2. The molecule has 1 aromatic carbocycles. The summed E-state index contributed by atoms with van der Waals surface area (Å²) < 4.78 is 16.4. The number of hydrogen-bond acceptors (Lipinski definition) is 3. The lowest BCUT2D eigenvalue weighted by molar-refractivity contribution is -0.137. The van der Waals surface area contributed by atoms with Crippen molar-refractivity contribution < 1.29 is 14.2 Å². The number of ether oxygens (including phenoxy) is 3. The minimum absolute atomic E-state index is 0.00222. The van der Waals surface area contributed by atoms with Crippen LogP contribution >= 0.6 is 0 Å². The Hall–Kier alpha value is -1.06. The van der Waals surface area contributed by atoms with Crippen molar-refractivity contribution in [3.05, 3.63) is 29.8 Å². The van der Waals surface area contributed by atoms with Crippen LogP contribution in [0.5, 0.6) is 5.75 Å². The summed E-state index contributed by atoms with van der Waals surface area (Å²) in [5.74, 6) is 0.906. The lowest BCUT2D eigenvalue weighted by atomic mass is 10.1. The zero-order valence-electron chi connectivity index (χ0n) is 9.10. The smallest absolute Gasteiger partial charge is 0.226 e. The quantitative estimate of drug-likeness (QED) is 0.744. The molecule has 2 unspecified atom stereocenters. The van der Waals surface area contributed by atoms with Gasteiger partial charge in [0, 0.05) is 14.2 Å². The summed E-state index contributed by atoms with van der Waals surface area (Å²) in [6.07, 6.45) is 1.58. The highest BCUT2D eigenvalue weighted by Gasteiger charge is 2.26. The van der Waals surface area contributed by atoms with E-state index >= 15 is 0 Å². The van der Waals surface area contributed by atoms with Crippen molar-refractivity contribution in [2.45, 2.75) is 25.2 Å². The van der Waals surface area contributed by atoms with Gasteiger partial charge in [0.05, 0.1) is 0 Å². The second kappa shape index (κ2) is 4.64. The van der Waals surface area contributed by atoms with Gasteiger partial charge >= 0.3 is 0 Å². The molecule has 2 atom stereocenters. The van der Waals surface area contributed by atoms with Gasteiger partial charge in [0.2, 0.25) is 6.29 Å². The summed E-state index contributed by atoms with van der Waals surface area (Å²) in [7, 11) is 3.33. The maximum absolute atomic E-state index is 5.76. The standard InChI is InChI=1S/C12H16O3/c1-13-11-8-7-9-5-3-4-6-10(9)15-12(11)14-2/h3-6,11-12H,7-8H2,1-2H3. The van der Waals surface area contributed by atoms with E-state index < -0.39 is 0 Å². The predicted molar refractivity (Wildman–Crippen MR) is 57.0 cm³/mol. The van der Waals surface area contributed by atoms with Gasteiger partial charge in [0.15, 0.2) is 0 Å². The first-order chi connectivity index (χ1) is 7.35. The second-order valence-electron chi connectivity index (χ2n) is 3.64. The molecule has 3 heteroatoms. The summed E-state index contributed by atoms with van der Waals surface area (Å²) in [4.78, 5) is 0. The van der Waals surface area contributed by atoms with Gasteiger partial charge in [-0.3, -0.25) is 0 Å². The van der Waals surface area contributed by atoms with E-state index in [1.807, 2.05) is 18.2 Å². The maximum atomic E-state index is 5.76. The van der Waals surface area contributed by atoms with E-state index in [-0.39, 0.29) is 12.4 Å². The van der Waals surface area contributed by atoms with Crippen LogP contribution in [0.1, 0.15) is 12.0 Å². The van der Waals surface area contributed by atoms with Crippen LogP contribution in [0.3, 0.4) is 0 Å². The summed E-state index contributed by atoms with van der Waals surface area (Å²) in [6.45, 7) is 0. The molecule has 1 aliphatic heterocycles. The zero-order valence-corrected chi connectivity index (χ0v) is 9.10. The number of aryl methyl sites for hydroxylation is 1. The van der Waals surface area contributed by atoms with Crippen LogP contribution in [0.2, 0.25) is 0 Å².